The molecule has 4 heterocycles. The molecule has 2 amide bonds. The molecule has 3 fully saturated rings. The second-order valence-electron chi connectivity index (χ2n) is 10.1. The van der Waals surface area contributed by atoms with Gasteiger partial charge in [0.2, 0.25) is 11.8 Å². The summed E-state index contributed by atoms with van der Waals surface area (Å²) in [6.45, 7) is 5.28. The first-order chi connectivity index (χ1) is 16.8. The summed E-state index contributed by atoms with van der Waals surface area (Å²) in [6, 6.07) is 0.121. The van der Waals surface area contributed by atoms with Crippen LogP contribution in [0, 0.1) is 5.92 Å². The number of aromatic hydroxyl groups is 1. The van der Waals surface area contributed by atoms with Gasteiger partial charge in [-0.2, -0.15) is 4.52 Å². The van der Waals surface area contributed by atoms with E-state index in [0.717, 1.165) is 36.6 Å². The maximum Gasteiger partial charge on any atom is 0.291 e. The van der Waals surface area contributed by atoms with Gasteiger partial charge in [-0.15, -0.1) is 17.5 Å². The SMILES string of the molecule is CC(C)Cn1c(O)c(C(=O)NC2CC2)c(=O)n2nc(N)c(/C=C/C(=O)N3C4CCCC3COC4)c12.Cl. The molecule has 3 aliphatic rings. The number of hydrogen-bond donors (Lipinski definition) is 3. The lowest BCUT2D eigenvalue weighted by molar-refractivity contribution is -0.145. The minimum atomic E-state index is -0.754. The lowest BCUT2D eigenvalue weighted by Crippen LogP contribution is -2.56. The molecule has 36 heavy (non-hydrogen) atoms. The maximum absolute atomic E-state index is 13.2. The van der Waals surface area contributed by atoms with Crippen molar-refractivity contribution in [1.29, 1.82) is 0 Å². The van der Waals surface area contributed by atoms with E-state index in [1.54, 1.807) is 6.08 Å². The molecule has 196 valence electrons. The van der Waals surface area contributed by atoms with Crippen LogP contribution in [0.2, 0.25) is 0 Å². The van der Waals surface area contributed by atoms with E-state index in [1.807, 2.05) is 18.7 Å². The van der Waals surface area contributed by atoms with E-state index in [-0.39, 0.29) is 59.4 Å². The van der Waals surface area contributed by atoms with Crippen LogP contribution in [0.15, 0.2) is 10.9 Å². The van der Waals surface area contributed by atoms with Crippen LogP contribution in [0.4, 0.5) is 5.82 Å². The van der Waals surface area contributed by atoms with Crippen molar-refractivity contribution in [3.8, 4) is 5.88 Å². The maximum atomic E-state index is 13.2. The minimum absolute atomic E-state index is 0. The summed E-state index contributed by atoms with van der Waals surface area (Å²) >= 11 is 0. The number of carbonyl (C=O) groups is 2. The Labute approximate surface area is 214 Å². The molecule has 2 aliphatic heterocycles. The van der Waals surface area contributed by atoms with E-state index in [1.165, 1.54) is 10.6 Å². The average Bonchev–Trinajstić information content (AvgIpc) is 3.55. The lowest BCUT2D eigenvalue weighted by Gasteiger charge is -2.45. The van der Waals surface area contributed by atoms with Gasteiger partial charge in [0, 0.05) is 18.7 Å². The molecule has 1 aliphatic carbocycles. The molecular formula is C24H33ClN6O5. The summed E-state index contributed by atoms with van der Waals surface area (Å²) in [6.07, 6.45) is 7.56. The van der Waals surface area contributed by atoms with Crippen molar-refractivity contribution in [2.24, 2.45) is 5.92 Å². The number of nitrogen functional groups attached to an aromatic ring is 1. The van der Waals surface area contributed by atoms with Crippen molar-refractivity contribution in [3.05, 3.63) is 27.6 Å². The Balaban J connectivity index is 0.00000304. The number of piperidine rings is 1. The number of aromatic nitrogens is 3. The Morgan fingerprint density at radius 3 is 2.50 bits per heavy atom. The van der Waals surface area contributed by atoms with E-state index in [4.69, 9.17) is 10.5 Å². The number of nitrogens with zero attached hydrogens (tertiary/aromatic N) is 4. The summed E-state index contributed by atoms with van der Waals surface area (Å²) in [5.74, 6) is -1.10. The van der Waals surface area contributed by atoms with Crippen molar-refractivity contribution in [2.45, 2.75) is 70.6 Å². The fourth-order valence-electron chi connectivity index (χ4n) is 5.09. The Morgan fingerprint density at radius 2 is 1.89 bits per heavy atom. The highest BCUT2D eigenvalue weighted by atomic mass is 35.5. The second kappa shape index (κ2) is 10.1. The van der Waals surface area contributed by atoms with Crippen molar-refractivity contribution in [1.82, 2.24) is 24.4 Å². The third-order valence-electron chi connectivity index (χ3n) is 6.88. The topological polar surface area (TPSA) is 144 Å². The lowest BCUT2D eigenvalue weighted by atomic mass is 9.94. The van der Waals surface area contributed by atoms with Gasteiger partial charge in [-0.25, -0.2) is 0 Å². The predicted octanol–water partition coefficient (Wildman–Crippen LogP) is 1.55. The Kier molecular flexibility index (Phi) is 7.33. The van der Waals surface area contributed by atoms with Crippen LogP contribution in [-0.2, 0) is 16.1 Å². The van der Waals surface area contributed by atoms with Crippen LogP contribution in [0.5, 0.6) is 5.88 Å². The molecule has 2 aromatic rings. The molecule has 0 radical (unpaired) electrons. The van der Waals surface area contributed by atoms with Crippen molar-refractivity contribution in [3.63, 3.8) is 0 Å². The molecule has 0 spiro atoms. The summed E-state index contributed by atoms with van der Waals surface area (Å²) < 4.78 is 8.16. The zero-order valence-electron chi connectivity index (χ0n) is 20.5. The quantitative estimate of drug-likeness (QED) is 0.490. The highest BCUT2D eigenvalue weighted by Gasteiger charge is 2.37. The fraction of sp³-hybridized carbons (Fsp3) is 0.583. The molecule has 1 saturated carbocycles. The molecule has 2 unspecified atom stereocenters. The molecule has 2 aromatic heterocycles. The van der Waals surface area contributed by atoms with Gasteiger partial charge < -0.3 is 25.8 Å². The van der Waals surface area contributed by atoms with Crippen molar-refractivity contribution in [2.75, 3.05) is 18.9 Å². The number of hydrogen-bond acceptors (Lipinski definition) is 7. The molecule has 4 N–H and O–H groups in total. The number of ether oxygens (including phenoxy) is 1. The van der Waals surface area contributed by atoms with Gasteiger partial charge >= 0.3 is 0 Å². The van der Waals surface area contributed by atoms with E-state index >= 15 is 0 Å². The van der Waals surface area contributed by atoms with Gasteiger partial charge in [-0.3, -0.25) is 19.0 Å². The zero-order chi connectivity index (χ0) is 24.9. The van der Waals surface area contributed by atoms with E-state index in [9.17, 15) is 19.5 Å². The van der Waals surface area contributed by atoms with E-state index in [0.29, 0.717) is 25.3 Å². The number of fused-ring (bicyclic) bond motifs is 3. The van der Waals surface area contributed by atoms with E-state index in [2.05, 4.69) is 10.4 Å². The van der Waals surface area contributed by atoms with Gasteiger partial charge in [0.15, 0.2) is 17.0 Å². The average molecular weight is 521 g/mol. The van der Waals surface area contributed by atoms with Crippen LogP contribution in [0.1, 0.15) is 61.9 Å². The molecule has 0 aromatic carbocycles. The van der Waals surface area contributed by atoms with Gasteiger partial charge in [-0.1, -0.05) is 13.8 Å². The molecule has 11 nitrogen and oxygen atoms in total. The predicted molar refractivity (Wildman–Crippen MR) is 136 cm³/mol. The number of halogens is 1. The highest BCUT2D eigenvalue weighted by Crippen LogP contribution is 2.29. The Bertz CT molecular complexity index is 1240. The van der Waals surface area contributed by atoms with Crippen LogP contribution in [0.25, 0.3) is 11.7 Å². The van der Waals surface area contributed by atoms with Gasteiger partial charge in [-0.05, 0) is 44.1 Å². The van der Waals surface area contributed by atoms with Crippen LogP contribution in [0.3, 0.4) is 0 Å². The minimum Gasteiger partial charge on any atom is -0.494 e. The number of morpholine rings is 1. The number of amides is 2. The molecule has 2 atom stereocenters. The van der Waals surface area contributed by atoms with Crippen molar-refractivity contribution < 1.29 is 19.4 Å². The van der Waals surface area contributed by atoms with Crippen LogP contribution < -0.4 is 16.6 Å². The summed E-state index contributed by atoms with van der Waals surface area (Å²) in [4.78, 5) is 41.0. The number of nitrogens with two attached hydrogens (primary N) is 1. The standard InChI is InChI=1S/C24H32N6O5.ClH/c1-13(2)10-28-22-17(8-9-18(31)29-15-4-3-5-16(29)12-35-11-15)20(25)27-30(22)24(34)19(23(28)33)21(32)26-14-6-7-14;/h8-9,13-16,33H,3-7,10-12H2,1-2H3,(H2,25,27)(H,26,32);1H/b9-8+;. The normalized spacial score (nSPS) is 21.7. The van der Waals surface area contributed by atoms with Gasteiger partial charge in [0.25, 0.3) is 11.5 Å². The fourth-order valence-corrected chi connectivity index (χ4v) is 5.09. The monoisotopic (exact) mass is 520 g/mol. The Morgan fingerprint density at radius 1 is 1.22 bits per heavy atom. The smallest absolute Gasteiger partial charge is 0.291 e. The van der Waals surface area contributed by atoms with Gasteiger partial charge in [0.05, 0.1) is 30.9 Å². The number of nitrogens with one attached hydrogen (secondary N) is 1. The Hall–Kier alpha value is -3.05. The molecule has 5 rings (SSSR count). The first-order valence-corrected chi connectivity index (χ1v) is 12.3. The zero-order valence-corrected chi connectivity index (χ0v) is 21.3. The summed E-state index contributed by atoms with van der Waals surface area (Å²) in [5.41, 5.74) is 5.66. The molecule has 2 saturated heterocycles. The first-order valence-electron chi connectivity index (χ1n) is 12.3. The third-order valence-corrected chi connectivity index (χ3v) is 6.88. The van der Waals surface area contributed by atoms with Crippen LogP contribution in [-0.4, -0.2) is 67.3 Å². The number of rotatable bonds is 6. The summed E-state index contributed by atoms with van der Waals surface area (Å²) in [5, 5.41) is 18.0. The first kappa shape index (κ1) is 26.0. The number of anilines is 1. The highest BCUT2D eigenvalue weighted by molar-refractivity contribution is 5.97. The summed E-state index contributed by atoms with van der Waals surface area (Å²) in [7, 11) is 0. The van der Waals surface area contributed by atoms with E-state index < -0.39 is 17.3 Å². The molecule has 2 bridgehead atoms. The molecule has 12 heteroatoms. The number of carbonyl (C=O) groups excluding carboxylic acids is 2. The largest absolute Gasteiger partial charge is 0.494 e. The van der Waals surface area contributed by atoms with Gasteiger partial charge in [0.1, 0.15) is 0 Å². The van der Waals surface area contributed by atoms with Crippen molar-refractivity contribution >= 4 is 41.8 Å². The van der Waals surface area contributed by atoms with Crippen LogP contribution >= 0.6 is 12.4 Å². The second-order valence-corrected chi connectivity index (χ2v) is 10.1. The molecular weight excluding hydrogens is 488 g/mol. The third kappa shape index (κ3) is 4.69.